The van der Waals surface area contributed by atoms with Gasteiger partial charge in [0.15, 0.2) is 5.78 Å². The van der Waals surface area contributed by atoms with Gasteiger partial charge < -0.3 is 29.7 Å². The molecule has 216 valence electrons. The van der Waals surface area contributed by atoms with Crippen molar-refractivity contribution in [1.82, 2.24) is 10.2 Å². The number of amides is 1. The highest BCUT2D eigenvalue weighted by Crippen LogP contribution is 2.40. The summed E-state index contributed by atoms with van der Waals surface area (Å²) < 4.78 is 11.8. The first-order valence-electron chi connectivity index (χ1n) is 13.4. The molecule has 0 saturated carbocycles. The fraction of sp³-hybridized carbons (Fsp3) is 0.467. The maximum atomic E-state index is 13.6. The number of nitrogens with zero attached hydrogens (tertiary/aromatic N) is 2. The largest absolute Gasteiger partial charge is 0.493 e. The first kappa shape index (κ1) is 30.5. The molecule has 2 aromatic carbocycles. The van der Waals surface area contributed by atoms with Crippen LogP contribution in [-0.4, -0.2) is 74.4 Å². The Morgan fingerprint density at radius 1 is 1.12 bits per heavy atom. The molecule has 3 N–H and O–H groups in total. The first-order valence-corrected chi connectivity index (χ1v) is 13.4. The maximum absolute atomic E-state index is 13.6. The van der Waals surface area contributed by atoms with Gasteiger partial charge >= 0.3 is 5.97 Å². The molecule has 0 radical (unpaired) electrons. The fourth-order valence-corrected chi connectivity index (χ4v) is 4.63. The average Bonchev–Trinajstić information content (AvgIpc) is 3.18. The molecule has 0 atom stereocenters. The summed E-state index contributed by atoms with van der Waals surface area (Å²) in [6.07, 6.45) is 0.385. The standard InChI is InChI=1S/C30H40N4O6/c1-8-39-25-14-19-16-34(28(31)20(19)15-21(25)29(38)32-5)17-24(35)18-12-22(30(2,3)4)27(23(13-18)33(6)7)40-11-9-10-26(36)37/h12-15,31H,8-11,16-17H2,1-7H3,(H,32,38)(H,36,37). The SMILES string of the molecule is CCOc1cc2c(cc1C(=O)NC)C(=N)N(CC(=O)c1cc(N(C)C)c(OCCCC(=O)O)c(C(C)(C)C)c1)C2. The van der Waals surface area contributed by atoms with Crippen molar-refractivity contribution in [2.45, 2.75) is 52.5 Å². The number of carbonyl (C=O) groups is 3. The summed E-state index contributed by atoms with van der Waals surface area (Å²) in [6.45, 7) is 8.93. The zero-order valence-electron chi connectivity index (χ0n) is 24.4. The molecule has 1 aliphatic heterocycles. The van der Waals surface area contributed by atoms with Crippen LogP contribution in [0.15, 0.2) is 24.3 Å². The number of Topliss-reactive ketones (excluding diaryl/α,β-unsaturated/α-hetero) is 1. The highest BCUT2D eigenvalue weighted by molar-refractivity contribution is 6.08. The maximum Gasteiger partial charge on any atom is 0.303 e. The van der Waals surface area contributed by atoms with E-state index in [9.17, 15) is 14.4 Å². The summed E-state index contributed by atoms with van der Waals surface area (Å²) in [6, 6.07) is 7.06. The van der Waals surface area contributed by atoms with Crippen molar-refractivity contribution in [3.8, 4) is 11.5 Å². The number of ether oxygens (including phenoxy) is 2. The van der Waals surface area contributed by atoms with Crippen LogP contribution in [0, 0.1) is 5.41 Å². The Kier molecular flexibility index (Phi) is 9.44. The minimum absolute atomic E-state index is 0.0118. The van der Waals surface area contributed by atoms with Crippen LogP contribution in [-0.2, 0) is 16.8 Å². The molecule has 0 fully saturated rings. The third kappa shape index (κ3) is 6.73. The second kappa shape index (κ2) is 12.4. The Morgan fingerprint density at radius 3 is 2.40 bits per heavy atom. The van der Waals surface area contributed by atoms with E-state index < -0.39 is 5.97 Å². The van der Waals surface area contributed by atoms with Crippen LogP contribution in [0.25, 0.3) is 0 Å². The van der Waals surface area contributed by atoms with Crippen LogP contribution in [0.1, 0.15) is 77.9 Å². The Labute approximate surface area is 235 Å². The third-order valence-electron chi connectivity index (χ3n) is 6.71. The van der Waals surface area contributed by atoms with Crippen molar-refractivity contribution in [2.24, 2.45) is 0 Å². The molecule has 1 heterocycles. The molecule has 10 nitrogen and oxygen atoms in total. The van der Waals surface area contributed by atoms with E-state index >= 15 is 0 Å². The number of fused-ring (bicyclic) bond motifs is 1. The fourth-order valence-electron chi connectivity index (χ4n) is 4.63. The van der Waals surface area contributed by atoms with E-state index in [-0.39, 0.29) is 42.5 Å². The van der Waals surface area contributed by atoms with Crippen LogP contribution < -0.4 is 19.7 Å². The summed E-state index contributed by atoms with van der Waals surface area (Å²) in [5.41, 5.74) is 3.48. The number of hydrogen-bond donors (Lipinski definition) is 3. The first-order chi connectivity index (χ1) is 18.8. The number of carbonyl (C=O) groups excluding carboxylic acids is 2. The van der Waals surface area contributed by atoms with E-state index in [2.05, 4.69) is 5.32 Å². The number of nitrogens with one attached hydrogen (secondary N) is 2. The van der Waals surface area contributed by atoms with Crippen molar-refractivity contribution >= 4 is 29.2 Å². The van der Waals surface area contributed by atoms with Crippen molar-refractivity contribution < 1.29 is 29.0 Å². The van der Waals surface area contributed by atoms with Gasteiger partial charge in [-0.15, -0.1) is 0 Å². The lowest BCUT2D eigenvalue weighted by atomic mass is 9.84. The van der Waals surface area contributed by atoms with E-state index in [1.807, 2.05) is 52.8 Å². The van der Waals surface area contributed by atoms with Crippen LogP contribution in [0.5, 0.6) is 11.5 Å². The minimum atomic E-state index is -0.873. The third-order valence-corrected chi connectivity index (χ3v) is 6.71. The van der Waals surface area contributed by atoms with Crippen molar-refractivity contribution in [3.05, 3.63) is 52.1 Å². The minimum Gasteiger partial charge on any atom is -0.493 e. The van der Waals surface area contributed by atoms with Gasteiger partial charge in [-0.25, -0.2) is 0 Å². The van der Waals surface area contributed by atoms with Gasteiger partial charge in [-0.2, -0.15) is 0 Å². The van der Waals surface area contributed by atoms with Gasteiger partial charge in [-0.1, -0.05) is 20.8 Å². The summed E-state index contributed by atoms with van der Waals surface area (Å²) in [5.74, 6) is -0.0670. The zero-order valence-corrected chi connectivity index (χ0v) is 24.4. The topological polar surface area (TPSA) is 132 Å². The van der Waals surface area contributed by atoms with Gasteiger partial charge in [-0.3, -0.25) is 19.8 Å². The average molecular weight is 553 g/mol. The summed E-state index contributed by atoms with van der Waals surface area (Å²) >= 11 is 0. The molecule has 0 aromatic heterocycles. The van der Waals surface area contributed by atoms with E-state index in [0.29, 0.717) is 47.8 Å². The highest BCUT2D eigenvalue weighted by atomic mass is 16.5. The smallest absolute Gasteiger partial charge is 0.303 e. The van der Waals surface area contributed by atoms with Gasteiger partial charge in [0.1, 0.15) is 17.3 Å². The molecule has 10 heteroatoms. The molecule has 40 heavy (non-hydrogen) atoms. The van der Waals surface area contributed by atoms with Gasteiger partial charge in [0.25, 0.3) is 5.91 Å². The number of aliphatic carboxylic acids is 1. The summed E-state index contributed by atoms with van der Waals surface area (Å²) in [5, 5.41) is 20.3. The van der Waals surface area contributed by atoms with Crippen molar-refractivity contribution in [3.63, 3.8) is 0 Å². The number of amidine groups is 1. The van der Waals surface area contributed by atoms with E-state index in [1.165, 1.54) is 0 Å². The molecule has 1 amide bonds. The van der Waals surface area contributed by atoms with Crippen LogP contribution in [0.4, 0.5) is 5.69 Å². The molecule has 1 aliphatic rings. The lowest BCUT2D eigenvalue weighted by molar-refractivity contribution is -0.137. The van der Waals surface area contributed by atoms with Gasteiger partial charge in [-0.05, 0) is 48.6 Å². The molecule has 0 spiro atoms. The molecular weight excluding hydrogens is 512 g/mol. The summed E-state index contributed by atoms with van der Waals surface area (Å²) in [4.78, 5) is 40.6. The Balaban J connectivity index is 1.91. The van der Waals surface area contributed by atoms with E-state index in [0.717, 1.165) is 16.8 Å². The predicted molar refractivity (Wildman–Crippen MR) is 154 cm³/mol. The molecule has 0 bridgehead atoms. The Bertz CT molecular complexity index is 1310. The van der Waals surface area contributed by atoms with Crippen LogP contribution in [0.2, 0.25) is 0 Å². The summed E-state index contributed by atoms with van der Waals surface area (Å²) in [7, 11) is 5.28. The second-order valence-electron chi connectivity index (χ2n) is 11.0. The van der Waals surface area contributed by atoms with Crippen LogP contribution in [0.3, 0.4) is 0 Å². The molecule has 3 rings (SSSR count). The molecule has 0 saturated heterocycles. The van der Waals surface area contributed by atoms with Gasteiger partial charge in [0, 0.05) is 50.8 Å². The number of ketones is 1. The highest BCUT2D eigenvalue weighted by Gasteiger charge is 2.31. The quantitative estimate of drug-likeness (QED) is 0.265. The molecule has 0 unspecified atom stereocenters. The lowest BCUT2D eigenvalue weighted by Crippen LogP contribution is -2.30. The number of anilines is 1. The van der Waals surface area contributed by atoms with E-state index in [4.69, 9.17) is 20.0 Å². The lowest BCUT2D eigenvalue weighted by Gasteiger charge is -2.28. The van der Waals surface area contributed by atoms with Crippen molar-refractivity contribution in [1.29, 1.82) is 5.41 Å². The second-order valence-corrected chi connectivity index (χ2v) is 11.0. The zero-order chi connectivity index (χ0) is 29.8. The van der Waals surface area contributed by atoms with Crippen LogP contribution >= 0.6 is 0 Å². The van der Waals surface area contributed by atoms with Crippen molar-refractivity contribution in [2.75, 3.05) is 45.8 Å². The predicted octanol–water partition coefficient (Wildman–Crippen LogP) is 4.08. The molecular formula is C30H40N4O6. The van der Waals surface area contributed by atoms with E-state index in [1.54, 1.807) is 30.1 Å². The number of benzene rings is 2. The number of carboxylic acids is 1. The monoisotopic (exact) mass is 552 g/mol. The Morgan fingerprint density at radius 2 is 1.82 bits per heavy atom. The molecule has 0 aliphatic carbocycles. The number of hydrogen-bond acceptors (Lipinski definition) is 7. The number of carboxylic acid groups (broad SMARTS) is 1. The van der Waals surface area contributed by atoms with Gasteiger partial charge in [0.05, 0.1) is 31.0 Å². The van der Waals surface area contributed by atoms with Gasteiger partial charge in [0.2, 0.25) is 0 Å². The Hall–Kier alpha value is -4.08. The normalized spacial score (nSPS) is 12.7. The molecule has 2 aromatic rings. The number of rotatable bonds is 12.